The first-order chi connectivity index (χ1) is 5.04. The standard InChI is InChI=1S/C7H11NO2S.CH4/c1-4(2)5-6(11)10-7(9)8(5)3;/h4-5H,1-3H3;1H4. The Morgan fingerprint density at radius 1 is 1.58 bits per heavy atom. The first-order valence-corrected chi connectivity index (χ1v) is 3.93. The maximum absolute atomic E-state index is 10.9. The molecule has 70 valence electrons. The quantitative estimate of drug-likeness (QED) is 0.591. The fraction of sp³-hybridized carbons (Fsp3) is 0.750. The van der Waals surface area contributed by atoms with Crippen molar-refractivity contribution in [1.82, 2.24) is 4.90 Å². The Labute approximate surface area is 78.7 Å². The summed E-state index contributed by atoms with van der Waals surface area (Å²) >= 11 is 4.89. The molecule has 12 heavy (non-hydrogen) atoms. The largest absolute Gasteiger partial charge is 0.416 e. The van der Waals surface area contributed by atoms with Crippen LogP contribution in [0.3, 0.4) is 0 Å². The highest BCUT2D eigenvalue weighted by molar-refractivity contribution is 7.80. The Morgan fingerprint density at radius 2 is 2.08 bits per heavy atom. The second-order valence-corrected chi connectivity index (χ2v) is 3.39. The summed E-state index contributed by atoms with van der Waals surface area (Å²) in [7, 11) is 1.70. The van der Waals surface area contributed by atoms with Gasteiger partial charge in [-0.15, -0.1) is 0 Å². The van der Waals surface area contributed by atoms with Crippen LogP contribution in [-0.2, 0) is 4.74 Å². The Balaban J connectivity index is 0.00000121. The molecule has 0 bridgehead atoms. The lowest BCUT2D eigenvalue weighted by atomic mass is 10.1. The van der Waals surface area contributed by atoms with Crippen LogP contribution in [0.1, 0.15) is 21.3 Å². The van der Waals surface area contributed by atoms with Crippen LogP contribution in [0.15, 0.2) is 0 Å². The minimum atomic E-state index is -0.339. The summed E-state index contributed by atoms with van der Waals surface area (Å²) in [6, 6.07) is -0.0301. The number of likely N-dealkylation sites (N-methyl/N-ethyl adjacent to an activating group) is 1. The van der Waals surface area contributed by atoms with Crippen molar-refractivity contribution in [3.8, 4) is 0 Å². The molecule has 1 fully saturated rings. The first kappa shape index (κ1) is 11.4. The minimum Gasteiger partial charge on any atom is -0.401 e. The highest BCUT2D eigenvalue weighted by Gasteiger charge is 2.36. The van der Waals surface area contributed by atoms with Crippen LogP contribution in [0.5, 0.6) is 0 Å². The average molecular weight is 189 g/mol. The molecule has 4 heteroatoms. The normalized spacial score (nSPS) is 22.7. The molecular formula is C8H15NO2S. The Bertz CT molecular complexity index is 203. The van der Waals surface area contributed by atoms with E-state index in [1.54, 1.807) is 7.05 Å². The number of hydrogen-bond acceptors (Lipinski definition) is 3. The van der Waals surface area contributed by atoms with Crippen LogP contribution < -0.4 is 0 Å². The van der Waals surface area contributed by atoms with Crippen molar-refractivity contribution in [2.45, 2.75) is 27.3 Å². The van der Waals surface area contributed by atoms with Gasteiger partial charge in [-0.1, -0.05) is 21.3 Å². The van der Waals surface area contributed by atoms with E-state index in [9.17, 15) is 4.79 Å². The number of nitrogens with zero attached hydrogens (tertiary/aromatic N) is 1. The Hall–Kier alpha value is -0.640. The molecule has 1 amide bonds. The van der Waals surface area contributed by atoms with E-state index in [0.29, 0.717) is 11.0 Å². The smallest absolute Gasteiger partial charge is 0.401 e. The molecule has 1 aliphatic heterocycles. The van der Waals surface area contributed by atoms with Gasteiger partial charge < -0.3 is 4.74 Å². The van der Waals surface area contributed by atoms with Gasteiger partial charge in [0.1, 0.15) is 6.04 Å². The molecule has 0 saturated carbocycles. The van der Waals surface area contributed by atoms with Crippen LogP contribution in [0.25, 0.3) is 0 Å². The minimum absolute atomic E-state index is 0. The van der Waals surface area contributed by atoms with Crippen molar-refractivity contribution in [3.63, 3.8) is 0 Å². The van der Waals surface area contributed by atoms with Gasteiger partial charge in [0.2, 0.25) is 0 Å². The molecule has 0 aliphatic carbocycles. The van der Waals surface area contributed by atoms with Crippen molar-refractivity contribution < 1.29 is 9.53 Å². The van der Waals surface area contributed by atoms with Crippen LogP contribution in [0.2, 0.25) is 0 Å². The lowest BCUT2D eigenvalue weighted by molar-refractivity contribution is 0.175. The van der Waals surface area contributed by atoms with Crippen LogP contribution in [0, 0.1) is 5.92 Å². The van der Waals surface area contributed by atoms with E-state index in [-0.39, 0.29) is 19.6 Å². The lowest BCUT2D eigenvalue weighted by Crippen LogP contribution is -2.35. The van der Waals surface area contributed by atoms with Crippen molar-refractivity contribution in [1.29, 1.82) is 0 Å². The molecular weight excluding hydrogens is 174 g/mol. The number of rotatable bonds is 1. The van der Waals surface area contributed by atoms with Crippen molar-refractivity contribution in [3.05, 3.63) is 0 Å². The van der Waals surface area contributed by atoms with Crippen molar-refractivity contribution in [2.75, 3.05) is 7.05 Å². The predicted molar refractivity (Wildman–Crippen MR) is 52.2 cm³/mol. The molecule has 0 aromatic rings. The summed E-state index contributed by atoms with van der Waals surface area (Å²) in [5, 5.41) is 0.396. The average Bonchev–Trinajstić information content (AvgIpc) is 2.07. The summed E-state index contributed by atoms with van der Waals surface area (Å²) in [6.07, 6.45) is -0.339. The number of cyclic esters (lactones) is 1. The maximum Gasteiger partial charge on any atom is 0.416 e. The third-order valence-electron chi connectivity index (χ3n) is 1.77. The van der Waals surface area contributed by atoms with Crippen LogP contribution in [-0.4, -0.2) is 29.1 Å². The number of carbonyl (C=O) groups is 1. The molecule has 0 radical (unpaired) electrons. The number of hydrogen-bond donors (Lipinski definition) is 0. The summed E-state index contributed by atoms with van der Waals surface area (Å²) in [5.41, 5.74) is 0. The molecule has 1 atom stereocenters. The Kier molecular flexibility index (Phi) is 3.64. The topological polar surface area (TPSA) is 29.5 Å². The highest BCUT2D eigenvalue weighted by atomic mass is 32.1. The zero-order valence-corrected chi connectivity index (χ0v) is 7.64. The molecule has 1 heterocycles. The Morgan fingerprint density at radius 3 is 2.25 bits per heavy atom. The molecule has 0 spiro atoms. The zero-order chi connectivity index (χ0) is 8.59. The fourth-order valence-corrected chi connectivity index (χ4v) is 1.71. The van der Waals surface area contributed by atoms with Gasteiger partial charge >= 0.3 is 6.09 Å². The van der Waals surface area contributed by atoms with Gasteiger partial charge in [0.05, 0.1) is 0 Å². The molecule has 1 aliphatic rings. The van der Waals surface area contributed by atoms with E-state index in [2.05, 4.69) is 0 Å². The van der Waals surface area contributed by atoms with Crippen molar-refractivity contribution in [2.24, 2.45) is 5.92 Å². The summed E-state index contributed by atoms with van der Waals surface area (Å²) in [4.78, 5) is 12.5. The van der Waals surface area contributed by atoms with E-state index >= 15 is 0 Å². The number of amides is 1. The number of carbonyl (C=O) groups excluding carboxylic acids is 1. The van der Waals surface area contributed by atoms with E-state index in [0.717, 1.165) is 0 Å². The van der Waals surface area contributed by atoms with E-state index in [1.807, 2.05) is 13.8 Å². The van der Waals surface area contributed by atoms with Gasteiger partial charge in [-0.05, 0) is 18.1 Å². The molecule has 3 nitrogen and oxygen atoms in total. The van der Waals surface area contributed by atoms with Gasteiger partial charge in [0.15, 0.2) is 5.05 Å². The van der Waals surface area contributed by atoms with Gasteiger partial charge in [-0.2, -0.15) is 0 Å². The van der Waals surface area contributed by atoms with E-state index < -0.39 is 0 Å². The molecule has 0 N–H and O–H groups in total. The predicted octanol–water partition coefficient (Wildman–Crippen LogP) is 2.06. The third-order valence-corrected chi connectivity index (χ3v) is 2.09. The summed E-state index contributed by atoms with van der Waals surface area (Å²) in [5.74, 6) is 0.318. The third kappa shape index (κ3) is 1.75. The summed E-state index contributed by atoms with van der Waals surface area (Å²) < 4.78 is 4.77. The molecule has 0 aromatic heterocycles. The zero-order valence-electron chi connectivity index (χ0n) is 6.83. The lowest BCUT2D eigenvalue weighted by Gasteiger charge is -2.18. The maximum atomic E-state index is 10.9. The van der Waals surface area contributed by atoms with Gasteiger partial charge in [0, 0.05) is 7.05 Å². The molecule has 1 rings (SSSR count). The second kappa shape index (κ2) is 3.85. The van der Waals surface area contributed by atoms with Gasteiger partial charge in [-0.25, -0.2) is 4.79 Å². The van der Waals surface area contributed by atoms with Crippen LogP contribution >= 0.6 is 12.2 Å². The van der Waals surface area contributed by atoms with Gasteiger partial charge in [0.25, 0.3) is 0 Å². The molecule has 1 unspecified atom stereocenters. The van der Waals surface area contributed by atoms with Crippen LogP contribution in [0.4, 0.5) is 4.79 Å². The number of thiocarbonyl (C=S) groups is 1. The van der Waals surface area contributed by atoms with Crippen molar-refractivity contribution >= 4 is 23.4 Å². The monoisotopic (exact) mass is 189 g/mol. The molecule has 0 aromatic carbocycles. The second-order valence-electron chi connectivity index (χ2n) is 2.99. The summed E-state index contributed by atoms with van der Waals surface area (Å²) in [6.45, 7) is 4.02. The van der Waals surface area contributed by atoms with E-state index in [1.165, 1.54) is 4.90 Å². The van der Waals surface area contributed by atoms with Gasteiger partial charge in [-0.3, -0.25) is 4.90 Å². The SMILES string of the molecule is C.CC(C)C1C(=S)OC(=O)N1C. The number of ether oxygens (including phenoxy) is 1. The molecule has 1 saturated heterocycles. The fourth-order valence-electron chi connectivity index (χ4n) is 1.21. The highest BCUT2D eigenvalue weighted by Crippen LogP contribution is 2.19. The van der Waals surface area contributed by atoms with E-state index in [4.69, 9.17) is 17.0 Å². The first-order valence-electron chi connectivity index (χ1n) is 3.52.